The molecule has 0 radical (unpaired) electrons. The van der Waals surface area contributed by atoms with Gasteiger partial charge < -0.3 is 15.6 Å². The molecule has 0 bridgehead atoms. The predicted molar refractivity (Wildman–Crippen MR) is 90.6 cm³/mol. The normalized spacial score (nSPS) is 14.1. The monoisotopic (exact) mass is 340 g/mol. The molecule has 0 atom stereocenters. The molecule has 1 aromatic heterocycles. The Morgan fingerprint density at radius 1 is 1.24 bits per heavy atom. The Morgan fingerprint density at radius 3 is 2.80 bits per heavy atom. The summed E-state index contributed by atoms with van der Waals surface area (Å²) >= 11 is 0. The van der Waals surface area contributed by atoms with E-state index < -0.39 is 5.91 Å². The maximum Gasteiger partial charge on any atom is 0.256 e. The molecular formula is C17H16N4O4. The molecule has 0 fully saturated rings. The van der Waals surface area contributed by atoms with E-state index in [1.54, 1.807) is 30.5 Å². The average molecular weight is 340 g/mol. The molecule has 1 aliphatic heterocycles. The smallest absolute Gasteiger partial charge is 0.256 e. The van der Waals surface area contributed by atoms with Crippen LogP contribution in [0.15, 0.2) is 36.5 Å². The molecule has 0 saturated carbocycles. The number of rotatable bonds is 5. The number of aromatic nitrogens is 1. The summed E-state index contributed by atoms with van der Waals surface area (Å²) in [6.07, 6.45) is 3.44. The van der Waals surface area contributed by atoms with Gasteiger partial charge in [-0.3, -0.25) is 19.6 Å². The minimum Gasteiger partial charge on any atom is -0.362 e. The first-order valence-corrected chi connectivity index (χ1v) is 7.60. The number of amides is 3. The minimum atomic E-state index is -0.583. The molecule has 5 N–H and O–H groups in total. The first-order valence-electron chi connectivity index (χ1n) is 7.60. The lowest BCUT2D eigenvalue weighted by Crippen LogP contribution is -2.29. The van der Waals surface area contributed by atoms with Gasteiger partial charge in [-0.1, -0.05) is 0 Å². The molecule has 1 aromatic carbocycles. The standard InChI is InChI=1S/C17H16N4O4/c22-15(21-25)5-7-19-16(23)10-3-4-14-12(8-10)13(17(24)20-14)9-11-2-1-6-18-11/h1-4,6,8-9,18,25H,5,7H2,(H,19,23)(H,20,24)(H,21,22)/b13-9-. The van der Waals surface area contributed by atoms with Crippen LogP contribution in [0.25, 0.3) is 11.6 Å². The Bertz CT molecular complexity index is 856. The summed E-state index contributed by atoms with van der Waals surface area (Å²) in [7, 11) is 0. The van der Waals surface area contributed by atoms with Crippen LogP contribution >= 0.6 is 0 Å². The number of carbonyl (C=O) groups is 3. The number of nitrogens with one attached hydrogen (secondary N) is 4. The highest BCUT2D eigenvalue weighted by Crippen LogP contribution is 2.33. The molecule has 3 amide bonds. The van der Waals surface area contributed by atoms with Gasteiger partial charge in [0.1, 0.15) is 0 Å². The molecule has 128 valence electrons. The molecule has 3 rings (SSSR count). The van der Waals surface area contributed by atoms with Crippen molar-refractivity contribution in [2.45, 2.75) is 6.42 Å². The van der Waals surface area contributed by atoms with Crippen molar-refractivity contribution < 1.29 is 19.6 Å². The van der Waals surface area contributed by atoms with Gasteiger partial charge in [0.2, 0.25) is 5.91 Å². The highest BCUT2D eigenvalue weighted by atomic mass is 16.5. The molecule has 0 saturated heterocycles. The van der Waals surface area contributed by atoms with E-state index in [0.717, 1.165) is 5.69 Å². The van der Waals surface area contributed by atoms with Crippen LogP contribution in [0.2, 0.25) is 0 Å². The quantitative estimate of drug-likeness (QED) is 0.318. The summed E-state index contributed by atoms with van der Waals surface area (Å²) in [6.45, 7) is 0.0880. The Kier molecular flexibility index (Phi) is 4.62. The van der Waals surface area contributed by atoms with Crippen LogP contribution in [0.5, 0.6) is 0 Å². The zero-order chi connectivity index (χ0) is 17.8. The largest absolute Gasteiger partial charge is 0.362 e. The van der Waals surface area contributed by atoms with Gasteiger partial charge in [0.15, 0.2) is 0 Å². The third-order valence-corrected chi connectivity index (χ3v) is 3.75. The molecule has 2 heterocycles. The fourth-order valence-corrected chi connectivity index (χ4v) is 2.51. The number of benzene rings is 1. The van der Waals surface area contributed by atoms with Gasteiger partial charge in [0.25, 0.3) is 11.8 Å². The third kappa shape index (κ3) is 3.59. The fraction of sp³-hybridized carbons (Fsp3) is 0.118. The average Bonchev–Trinajstić information content (AvgIpc) is 3.23. The van der Waals surface area contributed by atoms with Crippen molar-refractivity contribution in [2.75, 3.05) is 11.9 Å². The molecule has 0 spiro atoms. The van der Waals surface area contributed by atoms with E-state index in [-0.39, 0.29) is 24.8 Å². The minimum absolute atomic E-state index is 0.0365. The maximum atomic E-state index is 12.2. The highest BCUT2D eigenvalue weighted by molar-refractivity contribution is 6.35. The zero-order valence-electron chi connectivity index (χ0n) is 13.1. The SMILES string of the molecule is O=C(CCNC(=O)c1ccc2c(c1)/C(=C/c1ccc[nH]1)C(=O)N2)NO. The number of H-pyrrole nitrogens is 1. The van der Waals surface area contributed by atoms with Crippen molar-refractivity contribution in [1.82, 2.24) is 15.8 Å². The lowest BCUT2D eigenvalue weighted by atomic mass is 10.0. The molecule has 8 nitrogen and oxygen atoms in total. The summed E-state index contributed by atoms with van der Waals surface area (Å²) in [5, 5.41) is 13.8. The van der Waals surface area contributed by atoms with Crippen molar-refractivity contribution >= 4 is 35.1 Å². The van der Waals surface area contributed by atoms with Gasteiger partial charge in [0.05, 0.1) is 5.57 Å². The van der Waals surface area contributed by atoms with Crippen LogP contribution in [-0.4, -0.2) is 34.5 Å². The van der Waals surface area contributed by atoms with Crippen molar-refractivity contribution in [3.05, 3.63) is 53.3 Å². The Balaban J connectivity index is 1.79. The summed E-state index contributed by atoms with van der Waals surface area (Å²) in [6, 6.07) is 8.55. The van der Waals surface area contributed by atoms with Crippen LogP contribution in [0.1, 0.15) is 28.0 Å². The van der Waals surface area contributed by atoms with Crippen LogP contribution in [0.4, 0.5) is 5.69 Å². The second-order valence-corrected chi connectivity index (χ2v) is 5.44. The molecule has 2 aromatic rings. The van der Waals surface area contributed by atoms with Crippen LogP contribution < -0.4 is 16.1 Å². The van der Waals surface area contributed by atoms with Gasteiger partial charge in [-0.15, -0.1) is 0 Å². The van der Waals surface area contributed by atoms with Crippen molar-refractivity contribution in [1.29, 1.82) is 0 Å². The van der Waals surface area contributed by atoms with E-state index in [4.69, 9.17) is 5.21 Å². The van der Waals surface area contributed by atoms with Crippen molar-refractivity contribution in [2.24, 2.45) is 0 Å². The number of aromatic amines is 1. The number of fused-ring (bicyclic) bond motifs is 1. The number of hydroxylamine groups is 1. The molecule has 0 aliphatic carbocycles. The summed E-state index contributed by atoms with van der Waals surface area (Å²) in [4.78, 5) is 38.3. The zero-order valence-corrected chi connectivity index (χ0v) is 13.1. The molecular weight excluding hydrogens is 324 g/mol. The Hall–Kier alpha value is -3.39. The summed E-state index contributed by atoms with van der Waals surface area (Å²) < 4.78 is 0. The maximum absolute atomic E-state index is 12.2. The van der Waals surface area contributed by atoms with Crippen LogP contribution in [-0.2, 0) is 9.59 Å². The van der Waals surface area contributed by atoms with Crippen LogP contribution in [0.3, 0.4) is 0 Å². The van der Waals surface area contributed by atoms with Gasteiger partial charge in [0, 0.05) is 41.7 Å². The Labute approximate surface area is 142 Å². The topological polar surface area (TPSA) is 123 Å². The van der Waals surface area contributed by atoms with E-state index in [0.29, 0.717) is 22.4 Å². The number of anilines is 1. The predicted octanol–water partition coefficient (Wildman–Crippen LogP) is 1.13. The lowest BCUT2D eigenvalue weighted by Gasteiger charge is -2.06. The van der Waals surface area contributed by atoms with Crippen molar-refractivity contribution in [3.63, 3.8) is 0 Å². The van der Waals surface area contributed by atoms with Gasteiger partial charge in [-0.25, -0.2) is 5.48 Å². The number of hydrogen-bond donors (Lipinski definition) is 5. The van der Waals surface area contributed by atoms with E-state index in [1.165, 1.54) is 5.48 Å². The van der Waals surface area contributed by atoms with Gasteiger partial charge >= 0.3 is 0 Å². The first kappa shape index (κ1) is 16.5. The molecule has 8 heteroatoms. The first-order chi connectivity index (χ1) is 12.1. The van der Waals surface area contributed by atoms with Crippen molar-refractivity contribution in [3.8, 4) is 0 Å². The number of hydrogen-bond acceptors (Lipinski definition) is 4. The lowest BCUT2D eigenvalue weighted by molar-refractivity contribution is -0.129. The van der Waals surface area contributed by atoms with E-state index in [9.17, 15) is 14.4 Å². The summed E-state index contributed by atoms with van der Waals surface area (Å²) in [5.74, 6) is -1.19. The van der Waals surface area contributed by atoms with E-state index in [2.05, 4.69) is 15.6 Å². The van der Waals surface area contributed by atoms with Gasteiger partial charge in [-0.2, -0.15) is 0 Å². The van der Waals surface area contributed by atoms with Gasteiger partial charge in [-0.05, 0) is 36.4 Å². The second-order valence-electron chi connectivity index (χ2n) is 5.44. The van der Waals surface area contributed by atoms with Crippen LogP contribution in [0, 0.1) is 0 Å². The Morgan fingerprint density at radius 2 is 2.08 bits per heavy atom. The summed E-state index contributed by atoms with van der Waals surface area (Å²) in [5.41, 5.74) is 4.39. The molecule has 0 unspecified atom stereocenters. The van der Waals surface area contributed by atoms with E-state index >= 15 is 0 Å². The molecule has 1 aliphatic rings. The fourth-order valence-electron chi connectivity index (χ4n) is 2.51. The molecule has 25 heavy (non-hydrogen) atoms. The van der Waals surface area contributed by atoms with E-state index in [1.807, 2.05) is 12.1 Å². The highest BCUT2D eigenvalue weighted by Gasteiger charge is 2.25. The second kappa shape index (κ2) is 7.02. The number of carbonyl (C=O) groups excluding carboxylic acids is 3. The third-order valence-electron chi connectivity index (χ3n) is 3.75.